The van der Waals surface area contributed by atoms with E-state index in [1.54, 1.807) is 0 Å². The lowest BCUT2D eigenvalue weighted by Gasteiger charge is -2.21. The van der Waals surface area contributed by atoms with Crippen LogP contribution >= 0.6 is 15.6 Å². The van der Waals surface area contributed by atoms with Crippen molar-refractivity contribution in [2.75, 3.05) is 39.6 Å². The molecule has 0 aromatic carbocycles. The number of hydrogen-bond donors (Lipinski definition) is 3. The normalized spacial score (nSPS) is 14.5. The Balaban J connectivity index is 5.19. The number of esters is 4. The second-order valence-corrected chi connectivity index (χ2v) is 22.2. The van der Waals surface area contributed by atoms with Gasteiger partial charge in [0.1, 0.15) is 19.3 Å². The Bertz CT molecular complexity index is 1420. The number of carbonyl (C=O) groups excluding carboxylic acids is 4. The van der Waals surface area contributed by atoms with Gasteiger partial charge in [0.05, 0.1) is 26.4 Å². The highest BCUT2D eigenvalue weighted by molar-refractivity contribution is 7.47. The Labute approximate surface area is 435 Å². The highest BCUT2D eigenvalue weighted by atomic mass is 31.2. The first-order valence-corrected chi connectivity index (χ1v) is 31.3. The van der Waals surface area contributed by atoms with E-state index < -0.39 is 97.5 Å². The lowest BCUT2D eigenvalue weighted by atomic mass is 10.1. The number of unbranched alkanes of at least 4 members (excludes halogenated alkanes) is 28. The summed E-state index contributed by atoms with van der Waals surface area (Å²) in [5.41, 5.74) is 0. The van der Waals surface area contributed by atoms with Crippen LogP contribution in [0.15, 0.2) is 0 Å². The molecular formula is C53H102O17P2. The van der Waals surface area contributed by atoms with E-state index in [-0.39, 0.29) is 25.7 Å². The average molecular weight is 1070 g/mol. The number of hydrogen-bond acceptors (Lipinski definition) is 15. The van der Waals surface area contributed by atoms with Crippen LogP contribution in [0.25, 0.3) is 0 Å². The van der Waals surface area contributed by atoms with Crippen molar-refractivity contribution in [3.8, 4) is 0 Å². The fourth-order valence-electron chi connectivity index (χ4n) is 7.69. The van der Waals surface area contributed by atoms with Crippen molar-refractivity contribution >= 4 is 39.5 Å². The first-order chi connectivity index (χ1) is 34.7. The molecule has 17 nitrogen and oxygen atoms in total. The van der Waals surface area contributed by atoms with Crippen LogP contribution in [-0.4, -0.2) is 96.7 Å². The number of aliphatic hydroxyl groups excluding tert-OH is 1. The summed E-state index contributed by atoms with van der Waals surface area (Å²) < 4.78 is 67.3. The fourth-order valence-corrected chi connectivity index (χ4v) is 9.27. The summed E-state index contributed by atoms with van der Waals surface area (Å²) >= 11 is 0. The third-order valence-corrected chi connectivity index (χ3v) is 14.0. The Morgan fingerprint density at radius 1 is 0.333 bits per heavy atom. The van der Waals surface area contributed by atoms with Crippen LogP contribution in [-0.2, 0) is 65.4 Å². The van der Waals surface area contributed by atoms with Crippen LogP contribution in [0, 0.1) is 0 Å². The molecule has 0 fully saturated rings. The first-order valence-electron chi connectivity index (χ1n) is 28.3. The summed E-state index contributed by atoms with van der Waals surface area (Å²) in [6.07, 6.45) is 29.6. The molecule has 0 bridgehead atoms. The largest absolute Gasteiger partial charge is 0.472 e. The predicted molar refractivity (Wildman–Crippen MR) is 280 cm³/mol. The maximum Gasteiger partial charge on any atom is 0.472 e. The van der Waals surface area contributed by atoms with Crippen LogP contribution in [0.4, 0.5) is 0 Å². The molecule has 0 heterocycles. The molecular weight excluding hydrogens is 971 g/mol. The minimum absolute atomic E-state index is 0.105. The Morgan fingerprint density at radius 3 is 0.819 bits per heavy atom. The van der Waals surface area contributed by atoms with E-state index in [1.807, 2.05) is 0 Å². The van der Waals surface area contributed by atoms with Gasteiger partial charge < -0.3 is 33.8 Å². The number of ether oxygens (including phenoxy) is 4. The Morgan fingerprint density at radius 2 is 0.556 bits per heavy atom. The molecule has 72 heavy (non-hydrogen) atoms. The van der Waals surface area contributed by atoms with E-state index >= 15 is 0 Å². The van der Waals surface area contributed by atoms with Crippen molar-refractivity contribution < 1.29 is 80.2 Å². The Kier molecular flexibility index (Phi) is 47.4. The lowest BCUT2D eigenvalue weighted by Crippen LogP contribution is -2.30. The molecule has 0 saturated heterocycles. The molecule has 5 atom stereocenters. The zero-order valence-corrected chi connectivity index (χ0v) is 47.2. The molecule has 0 aromatic rings. The number of carbonyl (C=O) groups is 4. The fraction of sp³-hybridized carbons (Fsp3) is 0.925. The molecule has 0 amide bonds. The zero-order valence-electron chi connectivity index (χ0n) is 45.4. The number of aliphatic hydroxyl groups is 1. The zero-order chi connectivity index (χ0) is 53.4. The standard InChI is InChI=1S/C53H102O17P2/c1-5-9-13-17-21-24-28-32-36-40-53(58)70-49(44-64-51(56)38-34-30-26-22-18-14-10-6-2)46-68-72(61,62)66-42-47(54)41-65-71(59,60)67-45-48(43-63-50(55)37-33-29-25-20-16-12-8-4)69-52(57)39-35-31-27-23-19-15-11-7-3/h47-49,54H,5-46H2,1-4H3,(H,59,60)(H,61,62)/t47-,48+,49+/m0/s1. The average Bonchev–Trinajstić information content (AvgIpc) is 3.35. The number of phosphoric ester groups is 2. The van der Waals surface area contributed by atoms with Crippen LogP contribution in [0.5, 0.6) is 0 Å². The smallest absolute Gasteiger partial charge is 0.462 e. The van der Waals surface area contributed by atoms with Crippen LogP contribution < -0.4 is 0 Å². The molecule has 0 aliphatic rings. The molecule has 426 valence electrons. The highest BCUT2D eigenvalue weighted by Gasteiger charge is 2.30. The van der Waals surface area contributed by atoms with E-state index in [0.717, 1.165) is 116 Å². The van der Waals surface area contributed by atoms with Crippen LogP contribution in [0.1, 0.15) is 259 Å². The third kappa shape index (κ3) is 47.8. The van der Waals surface area contributed by atoms with Crippen molar-refractivity contribution in [2.24, 2.45) is 0 Å². The van der Waals surface area contributed by atoms with Gasteiger partial charge in [0.2, 0.25) is 0 Å². The number of rotatable bonds is 54. The van der Waals surface area contributed by atoms with Crippen molar-refractivity contribution in [1.82, 2.24) is 0 Å². The van der Waals surface area contributed by atoms with E-state index in [4.69, 9.17) is 37.0 Å². The van der Waals surface area contributed by atoms with Gasteiger partial charge >= 0.3 is 39.5 Å². The third-order valence-electron chi connectivity index (χ3n) is 12.1. The minimum atomic E-state index is -4.93. The summed E-state index contributed by atoms with van der Waals surface area (Å²) in [6, 6.07) is 0. The van der Waals surface area contributed by atoms with E-state index in [9.17, 15) is 43.2 Å². The van der Waals surface area contributed by atoms with E-state index in [0.29, 0.717) is 25.7 Å². The van der Waals surface area contributed by atoms with Crippen molar-refractivity contribution in [3.05, 3.63) is 0 Å². The molecule has 0 aliphatic heterocycles. The molecule has 0 aromatic heterocycles. The molecule has 0 rings (SSSR count). The van der Waals surface area contributed by atoms with Gasteiger partial charge in [0, 0.05) is 25.7 Å². The monoisotopic (exact) mass is 1070 g/mol. The topological polar surface area (TPSA) is 237 Å². The molecule has 2 unspecified atom stereocenters. The van der Waals surface area contributed by atoms with Gasteiger partial charge in [-0.3, -0.25) is 37.3 Å². The van der Waals surface area contributed by atoms with E-state index in [1.165, 1.54) is 64.2 Å². The second-order valence-electron chi connectivity index (χ2n) is 19.3. The SMILES string of the molecule is CCCCCCCCCCCC(=O)O[C@H](COC(=O)CCCCCCCCCC)COP(=O)(O)OC[C@@H](O)COP(=O)(O)OC[C@@H](COC(=O)CCCCCCCCC)OC(=O)CCCCCCCCCC. The predicted octanol–water partition coefficient (Wildman–Crippen LogP) is 13.6. The van der Waals surface area contributed by atoms with Crippen LogP contribution in [0.3, 0.4) is 0 Å². The minimum Gasteiger partial charge on any atom is -0.462 e. The molecule has 0 spiro atoms. The van der Waals surface area contributed by atoms with E-state index in [2.05, 4.69) is 27.7 Å². The van der Waals surface area contributed by atoms with Gasteiger partial charge in [-0.15, -0.1) is 0 Å². The maximum absolute atomic E-state index is 12.8. The van der Waals surface area contributed by atoms with Gasteiger partial charge in [-0.1, -0.05) is 207 Å². The summed E-state index contributed by atoms with van der Waals surface area (Å²) in [5, 5.41) is 10.4. The molecule has 0 aliphatic carbocycles. The van der Waals surface area contributed by atoms with Gasteiger partial charge in [-0.05, 0) is 25.7 Å². The summed E-state index contributed by atoms with van der Waals surface area (Å²) in [7, 11) is -9.85. The van der Waals surface area contributed by atoms with Crippen molar-refractivity contribution in [2.45, 2.75) is 277 Å². The van der Waals surface area contributed by atoms with Gasteiger partial charge in [0.25, 0.3) is 0 Å². The second kappa shape index (κ2) is 48.7. The maximum atomic E-state index is 12.8. The summed E-state index contributed by atoms with van der Waals surface area (Å²) in [4.78, 5) is 71.3. The van der Waals surface area contributed by atoms with Crippen molar-refractivity contribution in [1.29, 1.82) is 0 Å². The lowest BCUT2D eigenvalue weighted by molar-refractivity contribution is -0.161. The molecule has 3 N–H and O–H groups in total. The van der Waals surface area contributed by atoms with Crippen LogP contribution in [0.2, 0.25) is 0 Å². The van der Waals surface area contributed by atoms with Crippen molar-refractivity contribution in [3.63, 3.8) is 0 Å². The number of phosphoric acid groups is 2. The Hall–Kier alpha value is -1.94. The highest BCUT2D eigenvalue weighted by Crippen LogP contribution is 2.45. The van der Waals surface area contributed by atoms with Gasteiger partial charge in [-0.25, -0.2) is 9.13 Å². The molecule has 0 radical (unpaired) electrons. The first kappa shape index (κ1) is 70.1. The van der Waals surface area contributed by atoms with Gasteiger partial charge in [0.15, 0.2) is 12.2 Å². The summed E-state index contributed by atoms with van der Waals surface area (Å²) in [5.74, 6) is -2.16. The quantitative estimate of drug-likeness (QED) is 0.0222. The van der Waals surface area contributed by atoms with Gasteiger partial charge in [-0.2, -0.15) is 0 Å². The summed E-state index contributed by atoms with van der Waals surface area (Å²) in [6.45, 7) is 4.70. The molecule has 0 saturated carbocycles. The molecule has 19 heteroatoms.